The Morgan fingerprint density at radius 2 is 2.07 bits per heavy atom. The van der Waals surface area contributed by atoms with Gasteiger partial charge in [0, 0.05) is 13.1 Å². The van der Waals surface area contributed by atoms with Crippen LogP contribution in [0.15, 0.2) is 0 Å². The number of nitrogens with zero attached hydrogens (tertiary/aromatic N) is 1. The normalized spacial score (nSPS) is 27.6. The van der Waals surface area contributed by atoms with Crippen molar-refractivity contribution in [2.75, 3.05) is 13.1 Å². The molecule has 2 atom stereocenters. The van der Waals surface area contributed by atoms with Crippen molar-refractivity contribution in [3.63, 3.8) is 0 Å². The molecule has 2 nitrogen and oxygen atoms in total. The first-order chi connectivity index (χ1) is 6.45. The van der Waals surface area contributed by atoms with E-state index in [1.54, 1.807) is 0 Å². The molecule has 0 saturated carbocycles. The molecule has 0 amide bonds. The smallest absolute Gasteiger partial charge is 0.0997 e. The summed E-state index contributed by atoms with van der Waals surface area (Å²) < 4.78 is 14.2. The molecular weight excluding hydrogens is 194 g/mol. The topological polar surface area (TPSA) is 20.3 Å². The zero-order chi connectivity index (χ0) is 10.8. The van der Waals surface area contributed by atoms with Crippen molar-refractivity contribution in [2.24, 2.45) is 5.92 Å². The van der Waals surface area contributed by atoms with E-state index in [9.17, 15) is 4.21 Å². The van der Waals surface area contributed by atoms with Crippen LogP contribution in [0.5, 0.6) is 0 Å². The maximum atomic E-state index is 12.1. The van der Waals surface area contributed by atoms with E-state index in [2.05, 4.69) is 32.0 Å². The quantitative estimate of drug-likeness (QED) is 0.696. The summed E-state index contributed by atoms with van der Waals surface area (Å²) in [5, 5.41) is 0. The fraction of sp³-hybridized carbons (Fsp3) is 1.00. The Morgan fingerprint density at radius 3 is 2.57 bits per heavy atom. The molecule has 1 heterocycles. The second-order valence-corrected chi connectivity index (χ2v) is 7.41. The van der Waals surface area contributed by atoms with Gasteiger partial charge in [-0.3, -0.25) is 0 Å². The van der Waals surface area contributed by atoms with Crippen LogP contribution in [-0.4, -0.2) is 26.4 Å². The van der Waals surface area contributed by atoms with Crippen LogP contribution in [0.1, 0.15) is 47.0 Å². The third-order valence-corrected chi connectivity index (χ3v) is 4.67. The minimum absolute atomic E-state index is 0.102. The van der Waals surface area contributed by atoms with Gasteiger partial charge in [-0.1, -0.05) is 13.3 Å². The number of hydrogen-bond donors (Lipinski definition) is 0. The second-order valence-electron chi connectivity index (χ2n) is 5.17. The fourth-order valence-electron chi connectivity index (χ4n) is 1.90. The minimum Gasteiger partial charge on any atom is -0.242 e. The maximum Gasteiger partial charge on any atom is 0.0997 e. The van der Waals surface area contributed by atoms with Crippen LogP contribution in [0.2, 0.25) is 0 Å². The number of piperidine rings is 1. The SMILES string of the molecule is CC[C@@H]1CCCN([S@](=O)C(C)(C)C)C1. The first-order valence-corrected chi connectivity index (χ1v) is 6.72. The molecule has 0 unspecified atom stereocenters. The summed E-state index contributed by atoms with van der Waals surface area (Å²) in [6.45, 7) is 10.4. The molecule has 0 N–H and O–H groups in total. The van der Waals surface area contributed by atoms with Crippen molar-refractivity contribution in [3.8, 4) is 0 Å². The molecule has 1 rings (SSSR count). The van der Waals surface area contributed by atoms with Crippen molar-refractivity contribution < 1.29 is 4.21 Å². The van der Waals surface area contributed by atoms with Gasteiger partial charge in [0.2, 0.25) is 0 Å². The Labute approximate surface area is 90.7 Å². The van der Waals surface area contributed by atoms with Crippen molar-refractivity contribution >= 4 is 11.0 Å². The predicted molar refractivity (Wildman–Crippen MR) is 62.5 cm³/mol. The van der Waals surface area contributed by atoms with Crippen LogP contribution < -0.4 is 0 Å². The van der Waals surface area contributed by atoms with Crippen molar-refractivity contribution in [2.45, 2.75) is 51.7 Å². The van der Waals surface area contributed by atoms with Gasteiger partial charge >= 0.3 is 0 Å². The van der Waals surface area contributed by atoms with E-state index in [-0.39, 0.29) is 4.75 Å². The molecule has 0 aromatic rings. The third-order valence-electron chi connectivity index (χ3n) is 2.82. The van der Waals surface area contributed by atoms with E-state index in [0.717, 1.165) is 19.0 Å². The molecule has 1 aliphatic heterocycles. The number of rotatable bonds is 2. The average Bonchev–Trinajstić information content (AvgIpc) is 2.15. The van der Waals surface area contributed by atoms with E-state index < -0.39 is 11.0 Å². The molecule has 0 bridgehead atoms. The van der Waals surface area contributed by atoms with Crippen LogP contribution >= 0.6 is 0 Å². The van der Waals surface area contributed by atoms with E-state index in [1.807, 2.05) is 0 Å². The monoisotopic (exact) mass is 217 g/mol. The predicted octanol–water partition coefficient (Wildman–Crippen LogP) is 2.57. The lowest BCUT2D eigenvalue weighted by molar-refractivity contribution is 0.268. The van der Waals surface area contributed by atoms with Crippen LogP contribution in [0.4, 0.5) is 0 Å². The van der Waals surface area contributed by atoms with Gasteiger partial charge in [-0.15, -0.1) is 0 Å². The highest BCUT2D eigenvalue weighted by molar-refractivity contribution is 7.84. The molecule has 0 spiro atoms. The first kappa shape index (κ1) is 12.2. The standard InChI is InChI=1S/C11H23NOS/c1-5-10-7-6-8-12(9-10)14(13)11(2,3)4/h10H,5-9H2,1-4H3/t10-,14-/m1/s1. The van der Waals surface area contributed by atoms with E-state index in [4.69, 9.17) is 0 Å². The van der Waals surface area contributed by atoms with Gasteiger partial charge in [-0.05, 0) is 39.5 Å². The van der Waals surface area contributed by atoms with Crippen LogP contribution in [0, 0.1) is 5.92 Å². The molecule has 14 heavy (non-hydrogen) atoms. The zero-order valence-corrected chi connectivity index (χ0v) is 10.7. The minimum atomic E-state index is -0.813. The van der Waals surface area contributed by atoms with Crippen molar-refractivity contribution in [1.82, 2.24) is 4.31 Å². The fourth-order valence-corrected chi connectivity index (χ4v) is 3.31. The summed E-state index contributed by atoms with van der Waals surface area (Å²) in [5.74, 6) is 0.759. The maximum absolute atomic E-state index is 12.1. The lowest BCUT2D eigenvalue weighted by Crippen LogP contribution is -2.43. The summed E-state index contributed by atoms with van der Waals surface area (Å²) in [4.78, 5) is 0. The second kappa shape index (κ2) is 4.75. The van der Waals surface area contributed by atoms with Gasteiger partial charge in [-0.25, -0.2) is 8.51 Å². The average molecular weight is 217 g/mol. The van der Waals surface area contributed by atoms with Crippen LogP contribution in [-0.2, 0) is 11.0 Å². The lowest BCUT2D eigenvalue weighted by Gasteiger charge is -2.35. The van der Waals surface area contributed by atoms with E-state index >= 15 is 0 Å². The molecular formula is C11H23NOS. The Hall–Kier alpha value is 0.110. The molecule has 0 aliphatic carbocycles. The molecule has 1 aliphatic rings. The molecule has 84 valence electrons. The van der Waals surface area contributed by atoms with Gasteiger partial charge in [0.15, 0.2) is 0 Å². The highest BCUT2D eigenvalue weighted by Gasteiger charge is 2.29. The van der Waals surface area contributed by atoms with Crippen molar-refractivity contribution in [1.29, 1.82) is 0 Å². The van der Waals surface area contributed by atoms with Gasteiger partial charge in [-0.2, -0.15) is 0 Å². The molecule has 1 fully saturated rings. The summed E-state index contributed by atoms with van der Waals surface area (Å²) >= 11 is 0. The first-order valence-electron chi connectivity index (χ1n) is 5.62. The summed E-state index contributed by atoms with van der Waals surface area (Å²) in [5.41, 5.74) is 0. The zero-order valence-electron chi connectivity index (χ0n) is 9.88. The Kier molecular flexibility index (Phi) is 4.14. The molecule has 3 heteroatoms. The molecule has 1 saturated heterocycles. The number of hydrogen-bond acceptors (Lipinski definition) is 1. The van der Waals surface area contributed by atoms with E-state index in [0.29, 0.717) is 0 Å². The highest BCUT2D eigenvalue weighted by atomic mass is 32.2. The molecule has 0 aromatic heterocycles. The van der Waals surface area contributed by atoms with Crippen LogP contribution in [0.3, 0.4) is 0 Å². The summed E-state index contributed by atoms with van der Waals surface area (Å²) in [6.07, 6.45) is 3.74. The molecule has 0 radical (unpaired) electrons. The van der Waals surface area contributed by atoms with Gasteiger partial charge in [0.1, 0.15) is 0 Å². The summed E-state index contributed by atoms with van der Waals surface area (Å²) in [6, 6.07) is 0. The highest BCUT2D eigenvalue weighted by Crippen LogP contribution is 2.24. The third kappa shape index (κ3) is 3.06. The van der Waals surface area contributed by atoms with E-state index in [1.165, 1.54) is 19.3 Å². The summed E-state index contributed by atoms with van der Waals surface area (Å²) in [7, 11) is -0.813. The van der Waals surface area contributed by atoms with Crippen molar-refractivity contribution in [3.05, 3.63) is 0 Å². The Morgan fingerprint density at radius 1 is 1.43 bits per heavy atom. The Bertz CT molecular complexity index is 210. The van der Waals surface area contributed by atoms with Gasteiger partial charge < -0.3 is 0 Å². The van der Waals surface area contributed by atoms with Gasteiger partial charge in [0.25, 0.3) is 0 Å². The molecule has 0 aromatic carbocycles. The largest absolute Gasteiger partial charge is 0.242 e. The Balaban J connectivity index is 2.56. The van der Waals surface area contributed by atoms with Gasteiger partial charge in [0.05, 0.1) is 15.7 Å². The van der Waals surface area contributed by atoms with Crippen LogP contribution in [0.25, 0.3) is 0 Å². The lowest BCUT2D eigenvalue weighted by atomic mass is 9.97.